The normalized spacial score (nSPS) is 10.3. The van der Waals surface area contributed by atoms with Gasteiger partial charge in [-0.25, -0.2) is 4.39 Å². The molecule has 0 radical (unpaired) electrons. The van der Waals surface area contributed by atoms with Crippen LogP contribution in [0.4, 0.5) is 8.78 Å². The van der Waals surface area contributed by atoms with Gasteiger partial charge < -0.3 is 4.74 Å². The molecule has 4 heteroatoms. The summed E-state index contributed by atoms with van der Waals surface area (Å²) in [6.45, 7) is 1.72. The van der Waals surface area contributed by atoms with Gasteiger partial charge in [0.05, 0.1) is 5.56 Å². The molecule has 0 unspecified atom stereocenters. The summed E-state index contributed by atoms with van der Waals surface area (Å²) < 4.78 is 31.9. The van der Waals surface area contributed by atoms with E-state index in [9.17, 15) is 13.6 Å². The number of Topliss-reactive ketones (excluding diaryl/α,β-unsaturated/α-hetero) is 1. The number of carbonyl (C=O) groups is 1. The predicted molar refractivity (Wildman–Crippen MR) is 67.5 cm³/mol. The maximum absolute atomic E-state index is 13.5. The second kappa shape index (κ2) is 5.61. The molecule has 0 amide bonds. The maximum Gasteiger partial charge on any atom is 0.201 e. The molecular weight excluding hydrogens is 250 g/mol. The molecule has 0 saturated carbocycles. The Kier molecular flexibility index (Phi) is 3.90. The summed E-state index contributed by atoms with van der Waals surface area (Å²) in [6, 6.07) is 10.2. The van der Waals surface area contributed by atoms with Gasteiger partial charge in [-0.2, -0.15) is 4.39 Å². The van der Waals surface area contributed by atoms with Crippen molar-refractivity contribution in [2.45, 2.75) is 13.3 Å². The van der Waals surface area contributed by atoms with Crippen LogP contribution in [0.3, 0.4) is 0 Å². The topological polar surface area (TPSA) is 26.3 Å². The van der Waals surface area contributed by atoms with E-state index < -0.39 is 11.6 Å². The standard InChI is InChI=1S/C15H12F2O2/c1-2-12(18)10-6-3-4-8-13(10)19-14-9-5-7-11(16)15(14)17/h3-9H,2H2,1H3. The molecular formula is C15H12F2O2. The van der Waals surface area contributed by atoms with Crippen LogP contribution in [0.1, 0.15) is 23.7 Å². The first-order chi connectivity index (χ1) is 9.13. The quantitative estimate of drug-likeness (QED) is 0.766. The fourth-order valence-electron chi connectivity index (χ4n) is 1.66. The minimum Gasteiger partial charge on any atom is -0.453 e. The molecule has 2 aromatic rings. The highest BCUT2D eigenvalue weighted by atomic mass is 19.2. The fraction of sp³-hybridized carbons (Fsp3) is 0.133. The van der Waals surface area contributed by atoms with Crippen LogP contribution in [0.5, 0.6) is 11.5 Å². The Bertz CT molecular complexity index is 609. The number of ether oxygens (including phenoxy) is 1. The molecule has 0 fully saturated rings. The number of benzene rings is 2. The molecule has 2 nitrogen and oxygen atoms in total. The van der Waals surface area contributed by atoms with Gasteiger partial charge in [0.1, 0.15) is 5.75 Å². The van der Waals surface area contributed by atoms with E-state index in [0.717, 1.165) is 6.07 Å². The number of rotatable bonds is 4. The zero-order chi connectivity index (χ0) is 13.8. The number of carbonyl (C=O) groups excluding carboxylic acids is 1. The second-order valence-electron chi connectivity index (χ2n) is 3.93. The van der Waals surface area contributed by atoms with E-state index >= 15 is 0 Å². The van der Waals surface area contributed by atoms with Crippen molar-refractivity contribution in [2.24, 2.45) is 0 Å². The van der Waals surface area contributed by atoms with Crippen molar-refractivity contribution in [3.05, 3.63) is 59.7 Å². The summed E-state index contributed by atoms with van der Waals surface area (Å²) >= 11 is 0. The van der Waals surface area contributed by atoms with Crippen LogP contribution in [-0.4, -0.2) is 5.78 Å². The SMILES string of the molecule is CCC(=O)c1ccccc1Oc1cccc(F)c1F. The summed E-state index contributed by atoms with van der Waals surface area (Å²) in [6.07, 6.45) is 0.312. The first kappa shape index (κ1) is 13.2. The molecule has 0 N–H and O–H groups in total. The van der Waals surface area contributed by atoms with Crippen LogP contribution >= 0.6 is 0 Å². The summed E-state index contributed by atoms with van der Waals surface area (Å²) in [5, 5.41) is 0. The van der Waals surface area contributed by atoms with E-state index in [0.29, 0.717) is 12.0 Å². The Morgan fingerprint density at radius 3 is 2.47 bits per heavy atom. The predicted octanol–water partition coefficient (Wildman–Crippen LogP) is 4.35. The minimum atomic E-state index is -1.07. The Morgan fingerprint density at radius 1 is 1.05 bits per heavy atom. The van der Waals surface area contributed by atoms with Gasteiger partial charge in [0, 0.05) is 6.42 Å². The molecule has 0 aliphatic carbocycles. The highest BCUT2D eigenvalue weighted by molar-refractivity contribution is 5.98. The second-order valence-corrected chi connectivity index (χ2v) is 3.93. The number of ketones is 1. The lowest BCUT2D eigenvalue weighted by atomic mass is 10.1. The summed E-state index contributed by atoms with van der Waals surface area (Å²) in [5.41, 5.74) is 0.355. The lowest BCUT2D eigenvalue weighted by Crippen LogP contribution is -2.01. The number of hydrogen-bond acceptors (Lipinski definition) is 2. The van der Waals surface area contributed by atoms with E-state index in [4.69, 9.17) is 4.74 Å². The largest absolute Gasteiger partial charge is 0.453 e. The third-order valence-corrected chi connectivity index (χ3v) is 2.64. The minimum absolute atomic E-state index is 0.118. The van der Waals surface area contributed by atoms with E-state index in [1.807, 2.05) is 0 Å². The zero-order valence-electron chi connectivity index (χ0n) is 10.3. The van der Waals surface area contributed by atoms with Gasteiger partial charge in [-0.05, 0) is 24.3 Å². The van der Waals surface area contributed by atoms with Crippen LogP contribution in [-0.2, 0) is 0 Å². The molecule has 19 heavy (non-hydrogen) atoms. The Morgan fingerprint density at radius 2 is 1.74 bits per heavy atom. The lowest BCUT2D eigenvalue weighted by Gasteiger charge is -2.10. The Balaban J connectivity index is 2.39. The molecule has 0 bridgehead atoms. The molecule has 0 saturated heterocycles. The molecule has 98 valence electrons. The molecule has 0 aromatic heterocycles. The van der Waals surface area contributed by atoms with Gasteiger partial charge in [-0.3, -0.25) is 4.79 Å². The van der Waals surface area contributed by atoms with Crippen molar-refractivity contribution in [3.63, 3.8) is 0 Å². The molecule has 0 heterocycles. The highest BCUT2D eigenvalue weighted by Crippen LogP contribution is 2.29. The molecule has 0 atom stereocenters. The molecule has 2 aromatic carbocycles. The fourth-order valence-corrected chi connectivity index (χ4v) is 1.66. The van der Waals surface area contributed by atoms with Crippen molar-refractivity contribution in [3.8, 4) is 11.5 Å². The van der Waals surface area contributed by atoms with E-state index in [1.165, 1.54) is 12.1 Å². The highest BCUT2D eigenvalue weighted by Gasteiger charge is 2.14. The Labute approximate surface area is 109 Å². The monoisotopic (exact) mass is 262 g/mol. The number of halogens is 2. The lowest BCUT2D eigenvalue weighted by molar-refractivity contribution is 0.0986. The number of para-hydroxylation sites is 1. The third kappa shape index (κ3) is 2.78. The van der Waals surface area contributed by atoms with Crippen LogP contribution in [0.2, 0.25) is 0 Å². The molecule has 0 aliphatic heterocycles. The van der Waals surface area contributed by atoms with Gasteiger partial charge in [-0.1, -0.05) is 25.1 Å². The van der Waals surface area contributed by atoms with E-state index in [1.54, 1.807) is 31.2 Å². The Hall–Kier alpha value is -2.23. The number of hydrogen-bond donors (Lipinski definition) is 0. The zero-order valence-corrected chi connectivity index (χ0v) is 10.3. The van der Waals surface area contributed by atoms with Crippen molar-refractivity contribution >= 4 is 5.78 Å². The first-order valence-corrected chi connectivity index (χ1v) is 5.87. The van der Waals surface area contributed by atoms with Crippen LogP contribution in [0.15, 0.2) is 42.5 Å². The molecule has 0 spiro atoms. The van der Waals surface area contributed by atoms with Gasteiger partial charge in [-0.15, -0.1) is 0 Å². The first-order valence-electron chi connectivity index (χ1n) is 5.87. The van der Waals surface area contributed by atoms with Gasteiger partial charge in [0.15, 0.2) is 17.3 Å². The average Bonchev–Trinajstić information content (AvgIpc) is 2.43. The van der Waals surface area contributed by atoms with Crippen LogP contribution < -0.4 is 4.74 Å². The summed E-state index contributed by atoms with van der Waals surface area (Å²) in [4.78, 5) is 11.7. The van der Waals surface area contributed by atoms with Gasteiger partial charge in [0.2, 0.25) is 5.82 Å². The van der Waals surface area contributed by atoms with E-state index in [2.05, 4.69) is 0 Å². The smallest absolute Gasteiger partial charge is 0.201 e. The van der Waals surface area contributed by atoms with Crippen LogP contribution in [0, 0.1) is 11.6 Å². The van der Waals surface area contributed by atoms with Crippen molar-refractivity contribution in [1.82, 2.24) is 0 Å². The van der Waals surface area contributed by atoms with Crippen molar-refractivity contribution < 1.29 is 18.3 Å². The third-order valence-electron chi connectivity index (χ3n) is 2.64. The van der Waals surface area contributed by atoms with Gasteiger partial charge >= 0.3 is 0 Å². The maximum atomic E-state index is 13.5. The molecule has 2 rings (SSSR count). The van der Waals surface area contributed by atoms with Gasteiger partial charge in [0.25, 0.3) is 0 Å². The molecule has 0 aliphatic rings. The summed E-state index contributed by atoms with van der Waals surface area (Å²) in [7, 11) is 0. The van der Waals surface area contributed by atoms with Crippen molar-refractivity contribution in [2.75, 3.05) is 0 Å². The average molecular weight is 262 g/mol. The summed E-state index contributed by atoms with van der Waals surface area (Å²) in [5.74, 6) is -2.19. The van der Waals surface area contributed by atoms with E-state index in [-0.39, 0.29) is 17.3 Å². The van der Waals surface area contributed by atoms with Crippen molar-refractivity contribution in [1.29, 1.82) is 0 Å². The van der Waals surface area contributed by atoms with Crippen LogP contribution in [0.25, 0.3) is 0 Å².